The zero-order valence-electron chi connectivity index (χ0n) is 8.12. The van der Waals surface area contributed by atoms with E-state index >= 15 is 0 Å². The third-order valence-corrected chi connectivity index (χ3v) is 2.29. The molecule has 5 nitrogen and oxygen atoms in total. The van der Waals surface area contributed by atoms with E-state index in [1.165, 1.54) is 0 Å². The summed E-state index contributed by atoms with van der Waals surface area (Å²) in [5, 5.41) is 2.87. The monoisotopic (exact) mass is 218 g/mol. The molecule has 0 aromatic heterocycles. The van der Waals surface area contributed by atoms with Gasteiger partial charge in [0.05, 0.1) is 15.9 Å². The molecule has 3 N–H and O–H groups in total. The fraction of sp³-hybridized carbons (Fsp3) is 1.00. The van der Waals surface area contributed by atoms with Crippen molar-refractivity contribution in [2.75, 3.05) is 18.8 Å². The molecule has 0 aromatic rings. The van der Waals surface area contributed by atoms with Gasteiger partial charge in [-0.25, -0.2) is 8.42 Å². The number of nitrogens with two attached hydrogens (primary N) is 1. The number of hydrogen-bond acceptors (Lipinski definition) is 5. The van der Waals surface area contributed by atoms with E-state index in [1.54, 1.807) is 0 Å². The van der Waals surface area contributed by atoms with Gasteiger partial charge < -0.3 is 15.6 Å². The zero-order chi connectivity index (χ0) is 9.61. The van der Waals surface area contributed by atoms with Gasteiger partial charge in [0.25, 0.3) is 0 Å². The molecule has 0 rings (SSSR count). The minimum absolute atomic E-state index is 0. The summed E-state index contributed by atoms with van der Waals surface area (Å²) in [6, 6.07) is -0.268. The van der Waals surface area contributed by atoms with Crippen LogP contribution < -0.4 is 40.6 Å². The number of nitrogens with one attached hydrogen (secondary N) is 1. The minimum Gasteiger partial charge on any atom is -0.748 e. The van der Waals surface area contributed by atoms with Crippen molar-refractivity contribution in [1.82, 2.24) is 5.32 Å². The summed E-state index contributed by atoms with van der Waals surface area (Å²) in [6.07, 6.45) is 0.613. The summed E-state index contributed by atoms with van der Waals surface area (Å²) >= 11 is 0. The minimum atomic E-state index is -4.12. The molecule has 0 saturated heterocycles. The first kappa shape index (κ1) is 16.3. The van der Waals surface area contributed by atoms with Crippen LogP contribution in [-0.4, -0.2) is 37.9 Å². The van der Waals surface area contributed by atoms with Crippen LogP contribution in [0.1, 0.15) is 13.3 Å². The van der Waals surface area contributed by atoms with Gasteiger partial charge in [-0.1, -0.05) is 6.92 Å². The fourth-order valence-electron chi connectivity index (χ4n) is 0.855. The molecule has 0 bridgehead atoms. The van der Waals surface area contributed by atoms with Crippen molar-refractivity contribution in [3.05, 3.63) is 0 Å². The maximum Gasteiger partial charge on any atom is 1.00 e. The third-order valence-electron chi connectivity index (χ3n) is 1.48. The van der Waals surface area contributed by atoms with E-state index in [2.05, 4.69) is 5.32 Å². The first-order valence-electron chi connectivity index (χ1n) is 3.86. The van der Waals surface area contributed by atoms with Crippen molar-refractivity contribution in [3.8, 4) is 0 Å². The Morgan fingerprint density at radius 3 is 2.38 bits per heavy atom. The van der Waals surface area contributed by atoms with Crippen LogP contribution in [0.4, 0.5) is 0 Å². The summed E-state index contributed by atoms with van der Waals surface area (Å²) in [5.41, 5.74) is 5.21. The van der Waals surface area contributed by atoms with Gasteiger partial charge in [-0.3, -0.25) is 0 Å². The molecule has 13 heavy (non-hydrogen) atoms. The molecule has 0 fully saturated rings. The molecule has 74 valence electrons. The number of hydrogen-bond donors (Lipinski definition) is 2. The van der Waals surface area contributed by atoms with Gasteiger partial charge >= 0.3 is 29.6 Å². The van der Waals surface area contributed by atoms with Crippen LogP contribution in [0, 0.1) is 0 Å². The topological polar surface area (TPSA) is 95.2 Å². The Balaban J connectivity index is 0. The summed E-state index contributed by atoms with van der Waals surface area (Å²) in [6.45, 7) is 2.79. The quantitative estimate of drug-likeness (QED) is 0.349. The molecule has 0 saturated carbocycles. The normalized spacial score (nSPS) is 13.5. The molecule has 0 spiro atoms. The maximum absolute atomic E-state index is 10.3. The van der Waals surface area contributed by atoms with Crippen molar-refractivity contribution in [3.63, 3.8) is 0 Å². The van der Waals surface area contributed by atoms with Crippen molar-refractivity contribution in [1.29, 1.82) is 0 Å². The first-order chi connectivity index (χ1) is 5.49. The second-order valence-electron chi connectivity index (χ2n) is 2.57. The van der Waals surface area contributed by atoms with Gasteiger partial charge in [0, 0.05) is 19.1 Å². The van der Waals surface area contributed by atoms with Gasteiger partial charge in [-0.15, -0.1) is 0 Å². The third kappa shape index (κ3) is 10.8. The van der Waals surface area contributed by atoms with Gasteiger partial charge in [0.2, 0.25) is 0 Å². The Hall–Kier alpha value is 0.830. The predicted molar refractivity (Wildman–Crippen MR) is 45.7 cm³/mol. The Morgan fingerprint density at radius 2 is 2.08 bits per heavy atom. The molecule has 0 aliphatic rings. The van der Waals surface area contributed by atoms with Crippen LogP contribution in [0.25, 0.3) is 0 Å². The van der Waals surface area contributed by atoms with Crippen LogP contribution in [0.3, 0.4) is 0 Å². The molecule has 1 unspecified atom stereocenters. The number of rotatable bonds is 6. The molecule has 1 atom stereocenters. The Labute approximate surface area is 101 Å². The molecule has 7 heteroatoms. The smallest absolute Gasteiger partial charge is 0.748 e. The van der Waals surface area contributed by atoms with Gasteiger partial charge in [0.1, 0.15) is 0 Å². The van der Waals surface area contributed by atoms with E-state index in [9.17, 15) is 13.0 Å². The molecule has 0 heterocycles. The van der Waals surface area contributed by atoms with E-state index in [-0.39, 0.29) is 41.4 Å². The van der Waals surface area contributed by atoms with Crippen molar-refractivity contribution in [2.45, 2.75) is 19.4 Å². The fourth-order valence-corrected chi connectivity index (χ4v) is 1.70. The van der Waals surface area contributed by atoms with Crippen LogP contribution in [0.15, 0.2) is 0 Å². The maximum atomic E-state index is 10.3. The van der Waals surface area contributed by atoms with E-state index in [4.69, 9.17) is 5.73 Å². The first-order valence-corrected chi connectivity index (χ1v) is 5.44. The van der Waals surface area contributed by atoms with E-state index in [0.717, 1.165) is 0 Å². The molecule has 0 amide bonds. The van der Waals surface area contributed by atoms with Crippen molar-refractivity contribution >= 4 is 10.1 Å². The Morgan fingerprint density at radius 1 is 1.54 bits per heavy atom. The Bertz CT molecular complexity index is 208. The summed E-state index contributed by atoms with van der Waals surface area (Å²) in [5.74, 6) is -0.358. The van der Waals surface area contributed by atoms with Gasteiger partial charge in [-0.2, -0.15) is 0 Å². The van der Waals surface area contributed by atoms with Crippen LogP contribution in [0.5, 0.6) is 0 Å². The van der Waals surface area contributed by atoms with Crippen LogP contribution in [0.2, 0.25) is 0 Å². The van der Waals surface area contributed by atoms with Crippen LogP contribution in [-0.2, 0) is 10.1 Å². The molecule has 0 aromatic carbocycles. The molecule has 0 aliphatic carbocycles. The van der Waals surface area contributed by atoms with Crippen molar-refractivity contribution in [2.24, 2.45) is 5.73 Å². The van der Waals surface area contributed by atoms with E-state index in [1.807, 2.05) is 6.92 Å². The molecular formula is C6H15N2NaO3S. The molecular weight excluding hydrogens is 203 g/mol. The standard InChI is InChI=1S/C6H16N2O3S.Na/c1-2-6(8-4-3-7)5-12(9,10)11;/h6,8H,2-5,7H2,1H3,(H,9,10,11);/q;+1/p-1. The SMILES string of the molecule is CCC(CS(=O)(=O)[O-])NCCN.[Na+]. The van der Waals surface area contributed by atoms with Gasteiger partial charge in [-0.05, 0) is 6.42 Å². The molecule has 0 aliphatic heterocycles. The second kappa shape index (κ2) is 8.16. The van der Waals surface area contributed by atoms with Crippen molar-refractivity contribution < 1.29 is 42.5 Å². The average molecular weight is 218 g/mol. The Kier molecular flexibility index (Phi) is 10.2. The summed E-state index contributed by atoms with van der Waals surface area (Å²) in [7, 11) is -4.12. The van der Waals surface area contributed by atoms with Gasteiger partial charge in [0.15, 0.2) is 0 Å². The largest absolute Gasteiger partial charge is 1.00 e. The predicted octanol–water partition coefficient (Wildman–Crippen LogP) is -4.14. The van der Waals surface area contributed by atoms with E-state index < -0.39 is 10.1 Å². The second-order valence-corrected chi connectivity index (χ2v) is 4.02. The molecule has 0 radical (unpaired) electrons. The summed E-state index contributed by atoms with van der Waals surface area (Å²) in [4.78, 5) is 0. The zero-order valence-corrected chi connectivity index (χ0v) is 10.9. The van der Waals surface area contributed by atoms with E-state index in [0.29, 0.717) is 19.5 Å². The summed E-state index contributed by atoms with van der Waals surface area (Å²) < 4.78 is 31.0. The average Bonchev–Trinajstić information content (AvgIpc) is 1.95. The van der Waals surface area contributed by atoms with Crippen LogP contribution >= 0.6 is 0 Å².